The molecule has 8 heteroatoms. The lowest BCUT2D eigenvalue weighted by atomic mass is 10.3. The summed E-state index contributed by atoms with van der Waals surface area (Å²) in [5.74, 6) is 0. The van der Waals surface area contributed by atoms with E-state index >= 15 is 0 Å². The highest BCUT2D eigenvalue weighted by molar-refractivity contribution is 5.53. The molecule has 0 radical (unpaired) electrons. The Morgan fingerprint density at radius 2 is 0.929 bits per heavy atom. The van der Waals surface area contributed by atoms with Gasteiger partial charge in [0.2, 0.25) is 0 Å². The van der Waals surface area contributed by atoms with Gasteiger partial charge in [-0.3, -0.25) is 0 Å². The molecule has 2 aliphatic rings. The molecular formula is C20H34O8. The van der Waals surface area contributed by atoms with Crippen LogP contribution in [-0.4, -0.2) is 77.0 Å². The molecule has 2 atom stereocenters. The van der Waals surface area contributed by atoms with Crippen molar-refractivity contribution in [2.45, 2.75) is 63.6 Å². The van der Waals surface area contributed by atoms with Crippen molar-refractivity contribution in [2.75, 3.05) is 39.6 Å². The second-order valence-corrected chi connectivity index (χ2v) is 6.30. The van der Waals surface area contributed by atoms with Crippen LogP contribution < -0.4 is 0 Å². The lowest BCUT2D eigenvalue weighted by molar-refractivity contribution is -0.110. The maximum atomic E-state index is 9.56. The van der Waals surface area contributed by atoms with Gasteiger partial charge < -0.3 is 38.1 Å². The van der Waals surface area contributed by atoms with Gasteiger partial charge in [-0.2, -0.15) is 0 Å². The van der Waals surface area contributed by atoms with Crippen LogP contribution in [0, 0.1) is 0 Å². The van der Waals surface area contributed by atoms with E-state index in [1.807, 2.05) is 0 Å². The SMILES string of the molecule is C(CCOCC1CO1)COCC1CO1.O=CCCCC=O.O=CCCCC=O. The number of rotatable bonds is 17. The molecule has 2 heterocycles. The van der Waals surface area contributed by atoms with Crippen LogP contribution >= 0.6 is 0 Å². The fourth-order valence-electron chi connectivity index (χ4n) is 1.74. The molecule has 0 spiro atoms. The normalized spacial score (nSPS) is 18.6. The second-order valence-electron chi connectivity index (χ2n) is 6.30. The zero-order valence-electron chi connectivity index (χ0n) is 16.6. The van der Waals surface area contributed by atoms with Crippen LogP contribution in [0.5, 0.6) is 0 Å². The Hall–Kier alpha value is -1.48. The first-order valence-corrected chi connectivity index (χ1v) is 9.91. The Morgan fingerprint density at radius 3 is 1.18 bits per heavy atom. The molecule has 0 bridgehead atoms. The van der Waals surface area contributed by atoms with Gasteiger partial charge in [0.1, 0.15) is 37.4 Å². The first-order valence-electron chi connectivity index (χ1n) is 9.91. The fourth-order valence-corrected chi connectivity index (χ4v) is 1.74. The molecule has 8 nitrogen and oxygen atoms in total. The van der Waals surface area contributed by atoms with Gasteiger partial charge in [0.15, 0.2) is 0 Å². The van der Waals surface area contributed by atoms with E-state index in [0.29, 0.717) is 50.7 Å². The van der Waals surface area contributed by atoms with Gasteiger partial charge in [-0.05, 0) is 25.7 Å². The first kappa shape index (κ1) is 26.5. The number of hydrogen-bond donors (Lipinski definition) is 0. The molecule has 0 aromatic rings. The molecular weight excluding hydrogens is 368 g/mol. The highest BCUT2D eigenvalue weighted by Crippen LogP contribution is 2.09. The zero-order chi connectivity index (χ0) is 20.7. The van der Waals surface area contributed by atoms with E-state index in [9.17, 15) is 19.2 Å². The van der Waals surface area contributed by atoms with Crippen molar-refractivity contribution >= 4 is 25.1 Å². The van der Waals surface area contributed by atoms with Gasteiger partial charge in [0.25, 0.3) is 0 Å². The Kier molecular flexibility index (Phi) is 20.7. The summed E-state index contributed by atoms with van der Waals surface area (Å²) in [5, 5.41) is 0. The summed E-state index contributed by atoms with van der Waals surface area (Å²) >= 11 is 0. The van der Waals surface area contributed by atoms with Gasteiger partial charge in [-0.1, -0.05) is 0 Å². The topological polar surface area (TPSA) is 112 Å². The minimum atomic E-state index is 0.387. The Labute approximate surface area is 167 Å². The number of hydrogen-bond acceptors (Lipinski definition) is 8. The smallest absolute Gasteiger partial charge is 0.120 e. The average Bonchev–Trinajstić information content (AvgIpc) is 3.61. The van der Waals surface area contributed by atoms with Gasteiger partial charge >= 0.3 is 0 Å². The molecule has 0 aromatic carbocycles. The maximum Gasteiger partial charge on any atom is 0.120 e. The molecule has 0 aromatic heterocycles. The van der Waals surface area contributed by atoms with Crippen LogP contribution in [0.2, 0.25) is 0 Å². The van der Waals surface area contributed by atoms with Crippen LogP contribution in [0.4, 0.5) is 0 Å². The molecule has 2 aliphatic heterocycles. The van der Waals surface area contributed by atoms with Crippen molar-refractivity contribution in [1.82, 2.24) is 0 Å². The average molecular weight is 402 g/mol. The van der Waals surface area contributed by atoms with Gasteiger partial charge in [0, 0.05) is 38.9 Å². The quantitative estimate of drug-likeness (QED) is 0.205. The minimum Gasteiger partial charge on any atom is -0.379 e. The van der Waals surface area contributed by atoms with Crippen molar-refractivity contribution < 1.29 is 38.1 Å². The van der Waals surface area contributed by atoms with E-state index in [1.54, 1.807) is 0 Å². The molecule has 0 saturated carbocycles. The zero-order valence-corrected chi connectivity index (χ0v) is 16.6. The van der Waals surface area contributed by atoms with Gasteiger partial charge in [-0.25, -0.2) is 0 Å². The molecule has 0 aliphatic carbocycles. The second kappa shape index (κ2) is 21.8. The highest BCUT2D eigenvalue weighted by atomic mass is 16.6. The Balaban J connectivity index is 0.000000444. The number of aldehydes is 4. The van der Waals surface area contributed by atoms with E-state index in [2.05, 4.69) is 0 Å². The molecule has 2 saturated heterocycles. The fraction of sp³-hybridized carbons (Fsp3) is 0.800. The Bertz CT molecular complexity index is 328. The summed E-state index contributed by atoms with van der Waals surface area (Å²) in [5.41, 5.74) is 0. The molecule has 2 rings (SSSR count). The lowest BCUT2D eigenvalue weighted by Crippen LogP contribution is -2.05. The summed E-state index contributed by atoms with van der Waals surface area (Å²) < 4.78 is 20.8. The van der Waals surface area contributed by atoms with Crippen LogP contribution in [0.15, 0.2) is 0 Å². The largest absolute Gasteiger partial charge is 0.379 e. The standard InChI is InChI=1S/C10H18O4.2C5H8O2/c1(3-11-5-9-7-13-9)2-4-12-6-10-8-14-10;2*6-4-2-1-3-5-7/h9-10H,1-8H2;2*4-5H,1-3H2. The number of carbonyl (C=O) groups excluding carboxylic acids is 4. The van der Waals surface area contributed by atoms with Crippen LogP contribution in [0.25, 0.3) is 0 Å². The van der Waals surface area contributed by atoms with Crippen molar-refractivity contribution in [3.8, 4) is 0 Å². The molecule has 0 amide bonds. The van der Waals surface area contributed by atoms with Crippen molar-refractivity contribution in [3.05, 3.63) is 0 Å². The molecule has 0 N–H and O–H groups in total. The van der Waals surface area contributed by atoms with Crippen LogP contribution in [0.1, 0.15) is 51.4 Å². The van der Waals surface area contributed by atoms with E-state index in [0.717, 1.165) is 77.6 Å². The van der Waals surface area contributed by atoms with Crippen molar-refractivity contribution in [1.29, 1.82) is 0 Å². The third-order valence-corrected chi connectivity index (χ3v) is 3.53. The third kappa shape index (κ3) is 24.5. The third-order valence-electron chi connectivity index (χ3n) is 3.53. The number of carbonyl (C=O) groups is 4. The number of ether oxygens (including phenoxy) is 4. The highest BCUT2D eigenvalue weighted by Gasteiger charge is 2.22. The van der Waals surface area contributed by atoms with E-state index < -0.39 is 0 Å². The molecule has 2 unspecified atom stereocenters. The Morgan fingerprint density at radius 1 is 0.607 bits per heavy atom. The summed E-state index contributed by atoms with van der Waals surface area (Å²) in [6.07, 6.45) is 9.65. The summed E-state index contributed by atoms with van der Waals surface area (Å²) in [4.78, 5) is 38.3. The first-order chi connectivity index (χ1) is 13.8. The van der Waals surface area contributed by atoms with Crippen LogP contribution in [0.3, 0.4) is 0 Å². The minimum absolute atomic E-state index is 0.387. The van der Waals surface area contributed by atoms with E-state index in [-0.39, 0.29) is 0 Å². The van der Waals surface area contributed by atoms with Gasteiger partial charge in [-0.15, -0.1) is 0 Å². The van der Waals surface area contributed by atoms with Crippen molar-refractivity contribution in [2.24, 2.45) is 0 Å². The number of epoxide rings is 2. The monoisotopic (exact) mass is 402 g/mol. The molecule has 2 fully saturated rings. The number of unbranched alkanes of at least 4 members (excludes halogenated alkanes) is 5. The molecule has 162 valence electrons. The maximum absolute atomic E-state index is 9.56. The predicted molar refractivity (Wildman–Crippen MR) is 102 cm³/mol. The lowest BCUT2D eigenvalue weighted by Gasteiger charge is -2.03. The predicted octanol–water partition coefficient (Wildman–Crippen LogP) is 1.71. The van der Waals surface area contributed by atoms with Crippen LogP contribution in [-0.2, 0) is 38.1 Å². The van der Waals surface area contributed by atoms with E-state index in [1.165, 1.54) is 0 Å². The summed E-state index contributed by atoms with van der Waals surface area (Å²) in [6, 6.07) is 0. The van der Waals surface area contributed by atoms with Gasteiger partial charge in [0.05, 0.1) is 26.4 Å². The van der Waals surface area contributed by atoms with Crippen molar-refractivity contribution in [3.63, 3.8) is 0 Å². The molecule has 28 heavy (non-hydrogen) atoms. The van der Waals surface area contributed by atoms with E-state index in [4.69, 9.17) is 18.9 Å². The summed E-state index contributed by atoms with van der Waals surface area (Å²) in [7, 11) is 0. The summed E-state index contributed by atoms with van der Waals surface area (Å²) in [6.45, 7) is 4.93.